The van der Waals surface area contributed by atoms with Gasteiger partial charge in [-0.15, -0.1) is 0 Å². The van der Waals surface area contributed by atoms with Gasteiger partial charge >= 0.3 is 0 Å². The van der Waals surface area contributed by atoms with E-state index in [2.05, 4.69) is 4.98 Å². The van der Waals surface area contributed by atoms with Gasteiger partial charge in [0.15, 0.2) is 0 Å². The van der Waals surface area contributed by atoms with E-state index in [1.165, 1.54) is 0 Å². The van der Waals surface area contributed by atoms with Crippen LogP contribution in [0.1, 0.15) is 12.8 Å². The summed E-state index contributed by atoms with van der Waals surface area (Å²) in [5, 5.41) is 11.4. The molecule has 0 atom stereocenters. The predicted molar refractivity (Wildman–Crippen MR) is 77.5 cm³/mol. The highest BCUT2D eigenvalue weighted by Crippen LogP contribution is 2.32. The van der Waals surface area contributed by atoms with Gasteiger partial charge in [0.05, 0.1) is 15.6 Å². The number of anilines is 1. The van der Waals surface area contributed by atoms with Crippen molar-refractivity contribution in [3.05, 3.63) is 21.3 Å². The largest absolute Gasteiger partial charge is 0.388 e. The maximum Gasteiger partial charge on any atom is 0.150 e. The zero-order valence-corrected chi connectivity index (χ0v) is 12.8. The van der Waals surface area contributed by atoms with Crippen molar-refractivity contribution in [2.75, 3.05) is 31.7 Å². The third-order valence-electron chi connectivity index (χ3n) is 3.18. The number of likely N-dealkylation sites (N-methyl/N-ethyl adjacent to an activating group) is 1. The Morgan fingerprint density at radius 1 is 1.32 bits per heavy atom. The summed E-state index contributed by atoms with van der Waals surface area (Å²) in [4.78, 5) is 5.94. The molecule has 1 fully saturated rings. The first-order valence-corrected chi connectivity index (χ1v) is 7.07. The number of hydrogen-bond acceptors (Lipinski definition) is 4. The van der Waals surface area contributed by atoms with E-state index in [0.717, 1.165) is 0 Å². The molecule has 0 aliphatic carbocycles. The number of hydrogen-bond donors (Lipinski definition) is 1. The van der Waals surface area contributed by atoms with Gasteiger partial charge in [0.2, 0.25) is 0 Å². The fourth-order valence-electron chi connectivity index (χ4n) is 2.13. The molecule has 1 N–H and O–H groups in total. The standard InChI is InChI=1S/C12H15Cl3N2O2/c1-17(7-12(18)2-4-19-5-3-12)11-9(14)6-8(13)10(15)16-11/h6,18H,2-5,7H2,1H3. The second kappa shape index (κ2) is 6.02. The first kappa shape index (κ1) is 15.1. The third kappa shape index (κ3) is 3.64. The molecule has 106 valence electrons. The maximum absolute atomic E-state index is 10.5. The molecule has 0 spiro atoms. The van der Waals surface area contributed by atoms with Crippen LogP contribution in [0.2, 0.25) is 15.2 Å². The van der Waals surface area contributed by atoms with Crippen LogP contribution in [0.4, 0.5) is 5.82 Å². The number of ether oxygens (including phenoxy) is 1. The molecule has 1 aromatic rings. The van der Waals surface area contributed by atoms with Crippen LogP contribution in [-0.4, -0.2) is 42.5 Å². The molecule has 0 bridgehead atoms. The Kier molecular flexibility index (Phi) is 4.79. The van der Waals surface area contributed by atoms with Crippen LogP contribution < -0.4 is 4.90 Å². The lowest BCUT2D eigenvalue weighted by Gasteiger charge is -2.36. The quantitative estimate of drug-likeness (QED) is 0.868. The SMILES string of the molecule is CN(CC1(O)CCOCC1)c1nc(Cl)c(Cl)cc1Cl. The Morgan fingerprint density at radius 2 is 1.95 bits per heavy atom. The Hall–Kier alpha value is -0.260. The molecule has 1 aromatic heterocycles. The van der Waals surface area contributed by atoms with E-state index in [1.807, 2.05) is 7.05 Å². The van der Waals surface area contributed by atoms with Crippen LogP contribution >= 0.6 is 34.8 Å². The summed E-state index contributed by atoms with van der Waals surface area (Å²) in [6.45, 7) is 1.54. The average Bonchev–Trinajstić information content (AvgIpc) is 2.34. The predicted octanol–water partition coefficient (Wildman–Crippen LogP) is 3.02. The summed E-state index contributed by atoms with van der Waals surface area (Å²) in [5.41, 5.74) is -0.788. The first-order valence-electron chi connectivity index (χ1n) is 5.94. The number of nitrogens with zero attached hydrogens (tertiary/aromatic N) is 2. The van der Waals surface area contributed by atoms with Crippen LogP contribution in [0, 0.1) is 0 Å². The highest BCUT2D eigenvalue weighted by atomic mass is 35.5. The summed E-state index contributed by atoms with van der Waals surface area (Å²) in [6, 6.07) is 1.55. The molecule has 1 saturated heterocycles. The molecular weight excluding hydrogens is 311 g/mol. The highest BCUT2D eigenvalue weighted by Gasteiger charge is 2.32. The molecule has 0 unspecified atom stereocenters. The Balaban J connectivity index is 2.15. The fraction of sp³-hybridized carbons (Fsp3) is 0.583. The van der Waals surface area contributed by atoms with Crippen molar-refractivity contribution in [3.8, 4) is 0 Å². The van der Waals surface area contributed by atoms with Gasteiger partial charge in [-0.2, -0.15) is 0 Å². The molecule has 0 amide bonds. The van der Waals surface area contributed by atoms with E-state index >= 15 is 0 Å². The molecule has 0 radical (unpaired) electrons. The van der Waals surface area contributed by atoms with Crippen LogP contribution in [0.25, 0.3) is 0 Å². The summed E-state index contributed by atoms with van der Waals surface area (Å²) in [5.74, 6) is 0.510. The summed E-state index contributed by atoms with van der Waals surface area (Å²) in [7, 11) is 1.81. The van der Waals surface area contributed by atoms with Crippen molar-refractivity contribution < 1.29 is 9.84 Å². The molecule has 1 aliphatic heterocycles. The zero-order valence-electron chi connectivity index (χ0n) is 10.5. The van der Waals surface area contributed by atoms with Gasteiger partial charge in [0.1, 0.15) is 11.0 Å². The minimum atomic E-state index is -0.788. The number of halogens is 3. The molecule has 0 saturated carbocycles. The van der Waals surface area contributed by atoms with Gasteiger partial charge in [-0.1, -0.05) is 34.8 Å². The highest BCUT2D eigenvalue weighted by molar-refractivity contribution is 6.42. The lowest BCUT2D eigenvalue weighted by molar-refractivity contribution is -0.0573. The van der Waals surface area contributed by atoms with Crippen molar-refractivity contribution in [2.45, 2.75) is 18.4 Å². The van der Waals surface area contributed by atoms with E-state index in [4.69, 9.17) is 39.5 Å². The summed E-state index contributed by atoms with van der Waals surface area (Å²) >= 11 is 17.8. The monoisotopic (exact) mass is 324 g/mol. The van der Waals surface area contributed by atoms with Crippen molar-refractivity contribution >= 4 is 40.6 Å². The van der Waals surface area contributed by atoms with Gasteiger partial charge in [0, 0.05) is 39.6 Å². The van der Waals surface area contributed by atoms with Crippen molar-refractivity contribution in [2.24, 2.45) is 0 Å². The van der Waals surface area contributed by atoms with E-state index in [9.17, 15) is 5.11 Å². The van der Waals surface area contributed by atoms with Gasteiger partial charge in [-0.25, -0.2) is 4.98 Å². The molecule has 19 heavy (non-hydrogen) atoms. The number of pyridine rings is 1. The van der Waals surface area contributed by atoms with Crippen molar-refractivity contribution in [1.29, 1.82) is 0 Å². The number of rotatable bonds is 3. The summed E-state index contributed by atoms with van der Waals surface area (Å²) < 4.78 is 5.25. The fourth-order valence-corrected chi connectivity index (χ4v) is 2.77. The van der Waals surface area contributed by atoms with E-state index in [0.29, 0.717) is 48.5 Å². The van der Waals surface area contributed by atoms with Gasteiger partial charge in [-0.05, 0) is 6.07 Å². The average molecular weight is 326 g/mol. The lowest BCUT2D eigenvalue weighted by atomic mass is 9.94. The Bertz CT molecular complexity index is 465. The molecule has 2 rings (SSSR count). The van der Waals surface area contributed by atoms with Crippen LogP contribution in [0.5, 0.6) is 0 Å². The van der Waals surface area contributed by atoms with Crippen LogP contribution in [-0.2, 0) is 4.74 Å². The second-order valence-electron chi connectivity index (χ2n) is 4.76. The molecule has 2 heterocycles. The molecule has 1 aliphatic rings. The van der Waals surface area contributed by atoms with Crippen LogP contribution in [0.3, 0.4) is 0 Å². The molecular formula is C12H15Cl3N2O2. The molecule has 0 aromatic carbocycles. The minimum absolute atomic E-state index is 0.201. The second-order valence-corrected chi connectivity index (χ2v) is 5.93. The molecule has 7 heteroatoms. The van der Waals surface area contributed by atoms with Crippen molar-refractivity contribution in [1.82, 2.24) is 4.98 Å². The summed E-state index contributed by atoms with van der Waals surface area (Å²) in [6.07, 6.45) is 1.19. The first-order chi connectivity index (χ1) is 8.91. The topological polar surface area (TPSA) is 45.6 Å². The zero-order chi connectivity index (χ0) is 14.0. The number of aliphatic hydroxyl groups is 1. The van der Waals surface area contributed by atoms with E-state index in [1.54, 1.807) is 11.0 Å². The lowest BCUT2D eigenvalue weighted by Crippen LogP contribution is -2.46. The Morgan fingerprint density at radius 3 is 2.58 bits per heavy atom. The van der Waals surface area contributed by atoms with Gasteiger partial charge in [0.25, 0.3) is 0 Å². The van der Waals surface area contributed by atoms with Gasteiger partial charge in [-0.3, -0.25) is 0 Å². The van der Waals surface area contributed by atoms with Crippen molar-refractivity contribution in [3.63, 3.8) is 0 Å². The van der Waals surface area contributed by atoms with E-state index < -0.39 is 5.60 Å². The smallest absolute Gasteiger partial charge is 0.150 e. The normalized spacial score (nSPS) is 18.4. The Labute approximate surface area is 127 Å². The number of aromatic nitrogens is 1. The maximum atomic E-state index is 10.5. The molecule has 4 nitrogen and oxygen atoms in total. The van der Waals surface area contributed by atoms with Gasteiger partial charge < -0.3 is 14.7 Å². The minimum Gasteiger partial charge on any atom is -0.388 e. The third-order valence-corrected chi connectivity index (χ3v) is 4.14. The van der Waals surface area contributed by atoms with Crippen LogP contribution in [0.15, 0.2) is 6.07 Å². The van der Waals surface area contributed by atoms with E-state index in [-0.39, 0.29) is 5.15 Å².